The summed E-state index contributed by atoms with van der Waals surface area (Å²) in [5.74, 6) is -3.18. The Balaban J connectivity index is 1.84. The Morgan fingerprint density at radius 1 is 0.970 bits per heavy atom. The number of amides is 3. The van der Waals surface area contributed by atoms with Gasteiger partial charge in [-0.3, -0.25) is 14.4 Å². The average molecular weight is 458 g/mol. The summed E-state index contributed by atoms with van der Waals surface area (Å²) in [4.78, 5) is 48.1. The first-order valence-electron chi connectivity index (χ1n) is 10.6. The smallest absolute Gasteiger partial charge is 0.329 e. The van der Waals surface area contributed by atoms with Crippen molar-refractivity contribution >= 4 is 23.7 Å². The molecule has 0 unspecified atom stereocenters. The van der Waals surface area contributed by atoms with Crippen molar-refractivity contribution in [2.75, 3.05) is 6.61 Å². The van der Waals surface area contributed by atoms with Gasteiger partial charge in [0.2, 0.25) is 5.91 Å². The fourth-order valence-corrected chi connectivity index (χ4v) is 3.03. The second kappa shape index (κ2) is 12.9. The highest BCUT2D eigenvalue weighted by Crippen LogP contribution is 2.07. The Bertz CT molecular complexity index is 950. The summed E-state index contributed by atoms with van der Waals surface area (Å²) >= 11 is 0. The van der Waals surface area contributed by atoms with Gasteiger partial charge in [-0.2, -0.15) is 0 Å². The molecule has 2 aromatic carbocycles. The summed E-state index contributed by atoms with van der Waals surface area (Å²) in [5, 5.41) is 5.19. The van der Waals surface area contributed by atoms with Gasteiger partial charge in [-0.15, -0.1) is 0 Å². The number of esters is 1. The van der Waals surface area contributed by atoms with Crippen LogP contribution in [0.5, 0.6) is 0 Å². The van der Waals surface area contributed by atoms with Crippen molar-refractivity contribution in [2.24, 2.45) is 5.73 Å². The zero-order chi connectivity index (χ0) is 24.2. The van der Waals surface area contributed by atoms with Crippen LogP contribution in [0.1, 0.15) is 42.1 Å². The molecule has 0 fully saturated rings. The van der Waals surface area contributed by atoms with Crippen molar-refractivity contribution in [3.8, 4) is 0 Å². The van der Waals surface area contributed by atoms with Crippen LogP contribution in [0.3, 0.4) is 0 Å². The Morgan fingerprint density at radius 3 is 2.27 bits per heavy atom. The molecule has 0 radical (unpaired) electrons. The van der Waals surface area contributed by atoms with E-state index in [1.165, 1.54) is 12.1 Å². The molecule has 4 N–H and O–H groups in total. The summed E-state index contributed by atoms with van der Waals surface area (Å²) in [7, 11) is 0. The van der Waals surface area contributed by atoms with Crippen LogP contribution in [0, 0.1) is 5.82 Å². The van der Waals surface area contributed by atoms with Crippen molar-refractivity contribution in [1.82, 2.24) is 10.6 Å². The number of nitrogens with two attached hydrogens (primary N) is 1. The van der Waals surface area contributed by atoms with Gasteiger partial charge in [0.15, 0.2) is 6.61 Å². The Hall–Kier alpha value is -3.75. The van der Waals surface area contributed by atoms with E-state index in [1.54, 1.807) is 0 Å². The lowest BCUT2D eigenvalue weighted by Gasteiger charge is -2.18. The Labute approximate surface area is 191 Å². The summed E-state index contributed by atoms with van der Waals surface area (Å²) in [6.07, 6.45) is 1.22. The second-order valence-corrected chi connectivity index (χ2v) is 7.64. The van der Waals surface area contributed by atoms with Crippen LogP contribution in [-0.2, 0) is 25.5 Å². The van der Waals surface area contributed by atoms with Crippen LogP contribution in [0.25, 0.3) is 0 Å². The third kappa shape index (κ3) is 9.51. The lowest BCUT2D eigenvalue weighted by atomic mass is 10.1. The zero-order valence-corrected chi connectivity index (χ0v) is 18.4. The maximum absolute atomic E-state index is 13.1. The first kappa shape index (κ1) is 25.5. The van der Waals surface area contributed by atoms with E-state index in [0.717, 1.165) is 24.1 Å². The topological polar surface area (TPSA) is 128 Å². The quantitative estimate of drug-likeness (QED) is 0.419. The predicted octanol–water partition coefficient (Wildman–Crippen LogP) is 1.87. The van der Waals surface area contributed by atoms with Gasteiger partial charge >= 0.3 is 5.97 Å². The first-order chi connectivity index (χ1) is 15.7. The van der Waals surface area contributed by atoms with Crippen molar-refractivity contribution in [1.29, 1.82) is 0 Å². The largest absolute Gasteiger partial charge is 0.454 e. The molecule has 9 heteroatoms. The van der Waals surface area contributed by atoms with Gasteiger partial charge in [0.1, 0.15) is 11.9 Å². The fraction of sp³-hybridized carbons (Fsp3) is 0.333. The first-order valence-corrected chi connectivity index (χ1v) is 10.6. The SMILES string of the molecule is C[C@H](CCc1ccccc1)NC(=O)COC(=O)[C@H](CCC(N)=O)NC(=O)c1ccc(F)cc1. The molecule has 0 aliphatic carbocycles. The molecule has 2 aromatic rings. The monoisotopic (exact) mass is 457 g/mol. The van der Waals surface area contributed by atoms with E-state index in [-0.39, 0.29) is 24.4 Å². The minimum Gasteiger partial charge on any atom is -0.454 e. The number of nitrogens with one attached hydrogen (secondary N) is 2. The van der Waals surface area contributed by atoms with Crippen LogP contribution >= 0.6 is 0 Å². The summed E-state index contributed by atoms with van der Waals surface area (Å²) in [5.41, 5.74) is 6.41. The van der Waals surface area contributed by atoms with E-state index < -0.39 is 42.2 Å². The Morgan fingerprint density at radius 2 is 1.64 bits per heavy atom. The molecule has 176 valence electrons. The van der Waals surface area contributed by atoms with E-state index in [2.05, 4.69) is 10.6 Å². The molecule has 0 saturated heterocycles. The zero-order valence-electron chi connectivity index (χ0n) is 18.4. The molecule has 0 aliphatic rings. The summed E-state index contributed by atoms with van der Waals surface area (Å²) < 4.78 is 18.1. The van der Waals surface area contributed by atoms with Crippen LogP contribution < -0.4 is 16.4 Å². The molecule has 2 rings (SSSR count). The van der Waals surface area contributed by atoms with Gasteiger partial charge in [0.05, 0.1) is 0 Å². The summed E-state index contributed by atoms with van der Waals surface area (Å²) in [6, 6.07) is 13.2. The number of aryl methyl sites for hydroxylation is 1. The van der Waals surface area contributed by atoms with Gasteiger partial charge < -0.3 is 21.1 Å². The van der Waals surface area contributed by atoms with Gasteiger partial charge in [-0.05, 0) is 56.0 Å². The number of hydrogen-bond donors (Lipinski definition) is 3. The molecule has 8 nitrogen and oxygen atoms in total. The van der Waals surface area contributed by atoms with E-state index in [0.29, 0.717) is 6.42 Å². The van der Waals surface area contributed by atoms with Crippen LogP contribution in [0.4, 0.5) is 4.39 Å². The number of primary amides is 1. The highest BCUT2D eigenvalue weighted by molar-refractivity contribution is 5.97. The third-order valence-electron chi connectivity index (χ3n) is 4.84. The van der Waals surface area contributed by atoms with Crippen molar-refractivity contribution in [2.45, 2.75) is 44.7 Å². The average Bonchev–Trinajstić information content (AvgIpc) is 2.79. The molecule has 3 amide bonds. The van der Waals surface area contributed by atoms with E-state index in [4.69, 9.17) is 10.5 Å². The van der Waals surface area contributed by atoms with Gasteiger partial charge in [-0.1, -0.05) is 30.3 Å². The molecule has 0 aliphatic heterocycles. The maximum atomic E-state index is 13.1. The van der Waals surface area contributed by atoms with Crippen molar-refractivity contribution in [3.05, 3.63) is 71.5 Å². The molecule has 0 bridgehead atoms. The van der Waals surface area contributed by atoms with Crippen LogP contribution in [0.15, 0.2) is 54.6 Å². The fourth-order valence-electron chi connectivity index (χ4n) is 3.03. The van der Waals surface area contributed by atoms with Crippen LogP contribution in [-0.4, -0.2) is 42.4 Å². The third-order valence-corrected chi connectivity index (χ3v) is 4.84. The number of carbonyl (C=O) groups excluding carboxylic acids is 4. The standard InChI is InChI=1S/C24H28FN3O5/c1-16(7-8-17-5-3-2-4-6-17)27-22(30)15-33-24(32)20(13-14-21(26)29)28-23(31)18-9-11-19(25)12-10-18/h2-6,9-12,16,20H,7-8,13-15H2,1H3,(H2,26,29)(H,27,30)(H,28,31)/t16-,20+/m1/s1. The number of ether oxygens (including phenoxy) is 1. The number of hydrogen-bond acceptors (Lipinski definition) is 5. The molecule has 2 atom stereocenters. The Kier molecular flexibility index (Phi) is 10.0. The predicted molar refractivity (Wildman–Crippen MR) is 119 cm³/mol. The van der Waals surface area contributed by atoms with Crippen LogP contribution in [0.2, 0.25) is 0 Å². The second-order valence-electron chi connectivity index (χ2n) is 7.64. The van der Waals surface area contributed by atoms with Gasteiger partial charge in [0, 0.05) is 18.0 Å². The maximum Gasteiger partial charge on any atom is 0.329 e. The minimum atomic E-state index is -1.20. The normalized spacial score (nSPS) is 12.3. The highest BCUT2D eigenvalue weighted by Gasteiger charge is 2.24. The van der Waals surface area contributed by atoms with Gasteiger partial charge in [-0.25, -0.2) is 9.18 Å². The van der Waals surface area contributed by atoms with E-state index in [9.17, 15) is 23.6 Å². The molecule has 0 saturated carbocycles. The number of rotatable bonds is 12. The molecular weight excluding hydrogens is 429 g/mol. The van der Waals surface area contributed by atoms with Crippen molar-refractivity contribution in [3.63, 3.8) is 0 Å². The van der Waals surface area contributed by atoms with E-state index in [1.807, 2.05) is 37.3 Å². The lowest BCUT2D eigenvalue weighted by Crippen LogP contribution is -2.44. The lowest BCUT2D eigenvalue weighted by molar-refractivity contribution is -0.150. The molecule has 0 aromatic heterocycles. The molecule has 33 heavy (non-hydrogen) atoms. The number of carbonyl (C=O) groups is 4. The summed E-state index contributed by atoms with van der Waals surface area (Å²) in [6.45, 7) is 1.31. The van der Waals surface area contributed by atoms with E-state index >= 15 is 0 Å². The number of benzene rings is 2. The number of halogens is 1. The molecule has 0 spiro atoms. The highest BCUT2D eigenvalue weighted by atomic mass is 19.1. The minimum absolute atomic E-state index is 0.101. The molecule has 0 heterocycles. The van der Waals surface area contributed by atoms with Gasteiger partial charge in [0.25, 0.3) is 11.8 Å². The molecular formula is C24H28FN3O5. The van der Waals surface area contributed by atoms with Crippen molar-refractivity contribution < 1.29 is 28.3 Å².